The van der Waals surface area contributed by atoms with E-state index >= 15 is 0 Å². The monoisotopic (exact) mass is 324 g/mol. The molecule has 2 rings (SSSR count). The van der Waals surface area contributed by atoms with Crippen LogP contribution in [0.1, 0.15) is 39.5 Å². The van der Waals surface area contributed by atoms with Crippen molar-refractivity contribution >= 4 is 21.8 Å². The highest BCUT2D eigenvalue weighted by molar-refractivity contribution is 7.86. The third-order valence-corrected chi connectivity index (χ3v) is 6.13. The lowest BCUT2D eigenvalue weighted by atomic mass is 10.1. The minimum atomic E-state index is -3.39. The molecule has 2 aliphatic heterocycles. The van der Waals surface area contributed by atoms with Gasteiger partial charge in [-0.2, -0.15) is 17.0 Å². The van der Waals surface area contributed by atoms with Crippen LogP contribution in [0.5, 0.6) is 0 Å². The molecule has 7 heteroatoms. The number of morpholine rings is 1. The topological polar surface area (TPSA) is 49.9 Å². The van der Waals surface area contributed by atoms with E-state index < -0.39 is 15.8 Å². The Balaban J connectivity index is 2.14. The molecule has 2 heterocycles. The molecule has 2 aliphatic rings. The summed E-state index contributed by atoms with van der Waals surface area (Å²) in [5.74, 6) is 0.315. The van der Waals surface area contributed by atoms with Gasteiger partial charge in [0.25, 0.3) is 10.2 Å². The normalized spacial score (nSPS) is 30.1. The van der Waals surface area contributed by atoms with Gasteiger partial charge >= 0.3 is 0 Å². The number of nitrogens with zero attached hydrogens (tertiary/aromatic N) is 2. The average Bonchev–Trinajstić information content (AvgIpc) is 2.66. The third-order valence-electron chi connectivity index (χ3n) is 3.84. The molecule has 118 valence electrons. The first-order valence-corrected chi connectivity index (χ1v) is 9.27. The molecule has 0 amide bonds. The number of halogens is 1. The Morgan fingerprint density at radius 1 is 1.15 bits per heavy atom. The molecule has 0 aromatic heterocycles. The fourth-order valence-electron chi connectivity index (χ4n) is 2.93. The minimum Gasteiger partial charge on any atom is -0.368 e. The van der Waals surface area contributed by atoms with Gasteiger partial charge in [-0.15, -0.1) is 11.6 Å². The fourth-order valence-corrected chi connectivity index (χ4v) is 4.97. The summed E-state index contributed by atoms with van der Waals surface area (Å²) in [6.07, 6.45) is 3.90. The summed E-state index contributed by atoms with van der Waals surface area (Å²) in [5.41, 5.74) is -0.489. The Bertz CT molecular complexity index is 419. The maximum Gasteiger partial charge on any atom is 0.282 e. The zero-order valence-electron chi connectivity index (χ0n) is 12.3. The van der Waals surface area contributed by atoms with Crippen LogP contribution in [0.15, 0.2) is 0 Å². The van der Waals surface area contributed by atoms with Gasteiger partial charge in [0.1, 0.15) is 0 Å². The molecule has 0 radical (unpaired) electrons. The highest BCUT2D eigenvalue weighted by atomic mass is 35.5. The predicted octanol–water partition coefficient (Wildman–Crippen LogP) is 1.83. The van der Waals surface area contributed by atoms with Crippen LogP contribution in [0, 0.1) is 0 Å². The standard InChI is InChI=1S/C13H25ClN2O3S/c1-13(2)11-16(10-12(9-14)19-13)20(17,18)15-7-5-3-4-6-8-15/h12H,3-11H2,1-2H3. The van der Waals surface area contributed by atoms with Crippen LogP contribution in [0.3, 0.4) is 0 Å². The molecule has 20 heavy (non-hydrogen) atoms. The van der Waals surface area contributed by atoms with Crippen LogP contribution < -0.4 is 0 Å². The summed E-state index contributed by atoms with van der Waals surface area (Å²) in [5, 5.41) is 0. The second-order valence-electron chi connectivity index (χ2n) is 6.27. The van der Waals surface area contributed by atoms with Crippen molar-refractivity contribution in [2.45, 2.75) is 51.2 Å². The Kier molecular flexibility index (Phi) is 5.34. The maximum atomic E-state index is 12.8. The molecule has 0 N–H and O–H groups in total. The molecule has 0 bridgehead atoms. The largest absolute Gasteiger partial charge is 0.368 e. The fraction of sp³-hybridized carbons (Fsp3) is 1.00. The van der Waals surface area contributed by atoms with Gasteiger partial charge in [-0.1, -0.05) is 12.8 Å². The molecule has 2 fully saturated rings. The van der Waals surface area contributed by atoms with E-state index in [0.717, 1.165) is 25.7 Å². The van der Waals surface area contributed by atoms with Crippen molar-refractivity contribution in [3.05, 3.63) is 0 Å². The predicted molar refractivity (Wildman–Crippen MR) is 80.2 cm³/mol. The van der Waals surface area contributed by atoms with Crippen molar-refractivity contribution in [1.29, 1.82) is 0 Å². The van der Waals surface area contributed by atoms with Gasteiger partial charge < -0.3 is 4.74 Å². The van der Waals surface area contributed by atoms with Gasteiger partial charge in [0.05, 0.1) is 11.7 Å². The Hall–Kier alpha value is 0.120. The van der Waals surface area contributed by atoms with Crippen LogP contribution in [0.4, 0.5) is 0 Å². The molecule has 0 aromatic carbocycles. The molecule has 1 atom stereocenters. The van der Waals surface area contributed by atoms with E-state index in [1.807, 2.05) is 13.8 Å². The molecular weight excluding hydrogens is 300 g/mol. The van der Waals surface area contributed by atoms with Crippen molar-refractivity contribution in [3.63, 3.8) is 0 Å². The number of hydrogen-bond acceptors (Lipinski definition) is 3. The van der Waals surface area contributed by atoms with Crippen LogP contribution >= 0.6 is 11.6 Å². The Morgan fingerprint density at radius 2 is 1.75 bits per heavy atom. The number of hydrogen-bond donors (Lipinski definition) is 0. The smallest absolute Gasteiger partial charge is 0.282 e. The zero-order valence-corrected chi connectivity index (χ0v) is 13.9. The first-order chi connectivity index (χ1) is 9.35. The van der Waals surface area contributed by atoms with E-state index in [0.29, 0.717) is 32.1 Å². The van der Waals surface area contributed by atoms with Crippen LogP contribution in [0.2, 0.25) is 0 Å². The van der Waals surface area contributed by atoms with Gasteiger partial charge in [0.15, 0.2) is 0 Å². The van der Waals surface area contributed by atoms with E-state index in [1.54, 1.807) is 8.61 Å². The summed E-state index contributed by atoms with van der Waals surface area (Å²) in [6, 6.07) is 0. The van der Waals surface area contributed by atoms with Gasteiger partial charge in [0, 0.05) is 32.1 Å². The summed E-state index contributed by atoms with van der Waals surface area (Å²) in [4.78, 5) is 0. The third kappa shape index (κ3) is 3.85. The lowest BCUT2D eigenvalue weighted by Crippen LogP contribution is -2.58. The van der Waals surface area contributed by atoms with E-state index in [4.69, 9.17) is 16.3 Å². The average molecular weight is 325 g/mol. The first kappa shape index (κ1) is 16.5. The summed E-state index contributed by atoms with van der Waals surface area (Å²) in [7, 11) is -3.39. The second kappa shape index (κ2) is 6.48. The van der Waals surface area contributed by atoms with Crippen molar-refractivity contribution in [2.75, 3.05) is 32.1 Å². The number of rotatable bonds is 3. The maximum absolute atomic E-state index is 12.8. The second-order valence-corrected chi connectivity index (χ2v) is 8.50. The van der Waals surface area contributed by atoms with Crippen molar-refractivity contribution in [2.24, 2.45) is 0 Å². The SMILES string of the molecule is CC1(C)CN(S(=O)(=O)N2CCCCCC2)CC(CCl)O1. The van der Waals surface area contributed by atoms with Crippen LogP contribution in [-0.4, -0.2) is 60.8 Å². The Morgan fingerprint density at radius 3 is 2.30 bits per heavy atom. The quantitative estimate of drug-likeness (QED) is 0.744. The molecular formula is C13H25ClN2O3S. The van der Waals surface area contributed by atoms with Crippen molar-refractivity contribution in [3.8, 4) is 0 Å². The highest BCUT2D eigenvalue weighted by Gasteiger charge is 2.40. The van der Waals surface area contributed by atoms with Crippen molar-refractivity contribution < 1.29 is 13.2 Å². The highest BCUT2D eigenvalue weighted by Crippen LogP contribution is 2.26. The zero-order chi connectivity index (χ0) is 14.8. The summed E-state index contributed by atoms with van der Waals surface area (Å²) >= 11 is 5.87. The van der Waals surface area contributed by atoms with Gasteiger partial charge in [-0.3, -0.25) is 0 Å². The molecule has 0 aromatic rings. The van der Waals surface area contributed by atoms with Gasteiger partial charge in [0.2, 0.25) is 0 Å². The lowest BCUT2D eigenvalue weighted by Gasteiger charge is -2.42. The van der Waals surface area contributed by atoms with Gasteiger partial charge in [-0.05, 0) is 26.7 Å². The Labute approximate surface area is 127 Å². The molecule has 1 unspecified atom stereocenters. The molecule has 5 nitrogen and oxygen atoms in total. The van der Waals surface area contributed by atoms with Crippen LogP contribution in [0.25, 0.3) is 0 Å². The molecule has 0 saturated carbocycles. The van der Waals surface area contributed by atoms with Gasteiger partial charge in [-0.25, -0.2) is 0 Å². The minimum absolute atomic E-state index is 0.234. The molecule has 2 saturated heterocycles. The van der Waals surface area contributed by atoms with E-state index in [1.165, 1.54) is 0 Å². The van der Waals surface area contributed by atoms with E-state index in [9.17, 15) is 8.42 Å². The summed E-state index contributed by atoms with van der Waals surface area (Å²) in [6.45, 7) is 5.83. The molecule has 0 spiro atoms. The van der Waals surface area contributed by atoms with E-state index in [-0.39, 0.29) is 6.10 Å². The molecule has 0 aliphatic carbocycles. The number of alkyl halides is 1. The summed E-state index contributed by atoms with van der Waals surface area (Å²) < 4.78 is 34.6. The van der Waals surface area contributed by atoms with Crippen LogP contribution in [-0.2, 0) is 14.9 Å². The van der Waals surface area contributed by atoms with Crippen molar-refractivity contribution in [1.82, 2.24) is 8.61 Å². The van der Waals surface area contributed by atoms with E-state index in [2.05, 4.69) is 0 Å². The number of ether oxygens (including phenoxy) is 1. The first-order valence-electron chi connectivity index (χ1n) is 7.34. The lowest BCUT2D eigenvalue weighted by molar-refractivity contribution is -0.108.